The normalized spacial score (nSPS) is 17.5. The fourth-order valence-corrected chi connectivity index (χ4v) is 4.87. The third kappa shape index (κ3) is 4.33. The smallest absolute Gasteiger partial charge is 0.421 e. The number of alkyl carbamates (subject to hydrolysis) is 1. The summed E-state index contributed by atoms with van der Waals surface area (Å²) in [4.78, 5) is 17.2. The number of nitrogens with one attached hydrogen (secondary N) is 1. The Hall–Kier alpha value is -3.76. The molecular formula is C25H27F3N6O2. The third-order valence-electron chi connectivity index (χ3n) is 6.88. The molecule has 11 heteroatoms. The molecule has 0 saturated carbocycles. The van der Waals surface area contributed by atoms with Crippen LogP contribution in [0.4, 0.5) is 29.5 Å². The van der Waals surface area contributed by atoms with Crippen LogP contribution in [0.15, 0.2) is 42.9 Å². The van der Waals surface area contributed by atoms with Gasteiger partial charge in [-0.15, -0.1) is 0 Å². The van der Waals surface area contributed by atoms with Crippen molar-refractivity contribution in [3.05, 3.63) is 48.4 Å². The number of anilines is 2. The van der Waals surface area contributed by atoms with Crippen molar-refractivity contribution in [3.63, 3.8) is 0 Å². The highest BCUT2D eigenvalue weighted by Crippen LogP contribution is 2.46. The maximum Gasteiger partial charge on any atom is 0.421 e. The zero-order chi connectivity index (χ0) is 25.7. The van der Waals surface area contributed by atoms with E-state index in [4.69, 9.17) is 10.5 Å². The van der Waals surface area contributed by atoms with Gasteiger partial charge in [0.1, 0.15) is 17.0 Å². The number of nitrogens with zero attached hydrogens (tertiary/aromatic N) is 4. The molecule has 2 aromatic heterocycles. The van der Waals surface area contributed by atoms with Crippen LogP contribution in [0.1, 0.15) is 38.3 Å². The van der Waals surface area contributed by atoms with E-state index in [0.29, 0.717) is 30.5 Å². The van der Waals surface area contributed by atoms with Gasteiger partial charge in [0, 0.05) is 55.5 Å². The highest BCUT2D eigenvalue weighted by Gasteiger charge is 2.45. The summed E-state index contributed by atoms with van der Waals surface area (Å²) in [5, 5.41) is 7.00. The number of rotatable bonds is 4. The van der Waals surface area contributed by atoms with Gasteiger partial charge in [-0.05, 0) is 25.0 Å². The number of halogens is 3. The Labute approximate surface area is 206 Å². The van der Waals surface area contributed by atoms with Crippen LogP contribution >= 0.6 is 0 Å². The Kier molecular flexibility index (Phi) is 5.80. The topological polar surface area (TPSA) is 98.3 Å². The molecule has 0 bridgehead atoms. The van der Waals surface area contributed by atoms with E-state index in [1.165, 1.54) is 6.20 Å². The highest BCUT2D eigenvalue weighted by molar-refractivity contribution is 5.84. The quantitative estimate of drug-likeness (QED) is 0.530. The molecule has 0 radical (unpaired) electrons. The Morgan fingerprint density at radius 1 is 1.08 bits per heavy atom. The molecule has 36 heavy (non-hydrogen) atoms. The monoisotopic (exact) mass is 500 g/mol. The fraction of sp³-hybridized carbons (Fsp3) is 0.400. The number of carbonyl (C=O) groups is 1. The first-order chi connectivity index (χ1) is 17.1. The van der Waals surface area contributed by atoms with Gasteiger partial charge in [-0.2, -0.15) is 18.3 Å². The molecule has 2 saturated heterocycles. The molecule has 190 valence electrons. The predicted octanol–water partition coefficient (Wildman–Crippen LogP) is 4.87. The van der Waals surface area contributed by atoms with E-state index in [1.54, 1.807) is 23.2 Å². The first-order valence-corrected chi connectivity index (χ1v) is 11.8. The standard InChI is InChI=1S/C25H27F3N6O2/c1-15(2)34-13-18(11-32-34)16-3-5-17(6-4-16)19-12-30-22(29)20(25(26,27)28)21(19)33-9-7-24(8-10-33)14-31-23(35)36-24/h3-6,11-13,15H,7-10,14H2,1-2H3,(H2,29,30)(H,31,35). The number of carbonyl (C=O) groups excluding carboxylic acids is 1. The van der Waals surface area contributed by atoms with Gasteiger partial charge in [0.25, 0.3) is 0 Å². The summed E-state index contributed by atoms with van der Waals surface area (Å²) in [5.41, 5.74) is 6.91. The largest absolute Gasteiger partial charge is 0.441 e. The third-order valence-corrected chi connectivity index (χ3v) is 6.88. The number of ether oxygens (including phenoxy) is 1. The molecule has 8 nitrogen and oxygen atoms in total. The molecule has 2 aliphatic rings. The van der Waals surface area contributed by atoms with Gasteiger partial charge in [0.15, 0.2) is 0 Å². The maximum absolute atomic E-state index is 14.2. The molecule has 1 amide bonds. The Balaban J connectivity index is 1.51. The number of nitrogens with two attached hydrogens (primary N) is 1. The van der Waals surface area contributed by atoms with Crippen molar-refractivity contribution < 1.29 is 22.7 Å². The van der Waals surface area contributed by atoms with Crippen molar-refractivity contribution in [1.29, 1.82) is 0 Å². The van der Waals surface area contributed by atoms with Gasteiger partial charge in [-0.25, -0.2) is 9.78 Å². The molecule has 1 spiro atoms. The number of amides is 1. The lowest BCUT2D eigenvalue weighted by molar-refractivity contribution is -0.136. The van der Waals surface area contributed by atoms with Crippen LogP contribution in [-0.2, 0) is 10.9 Å². The van der Waals surface area contributed by atoms with Gasteiger partial charge in [0.2, 0.25) is 0 Å². The number of nitrogen functional groups attached to an aromatic ring is 1. The summed E-state index contributed by atoms with van der Waals surface area (Å²) in [6.07, 6.45) is 0.727. The molecule has 1 aromatic carbocycles. The Morgan fingerprint density at radius 3 is 2.31 bits per heavy atom. The summed E-state index contributed by atoms with van der Waals surface area (Å²) in [6.45, 7) is 4.97. The molecule has 5 rings (SSSR count). The van der Waals surface area contributed by atoms with Crippen LogP contribution in [0, 0.1) is 0 Å². The molecule has 0 unspecified atom stereocenters. The summed E-state index contributed by atoms with van der Waals surface area (Å²) in [5.74, 6) is -0.562. The van der Waals surface area contributed by atoms with Crippen molar-refractivity contribution in [1.82, 2.24) is 20.1 Å². The Bertz CT molecular complexity index is 1280. The zero-order valence-electron chi connectivity index (χ0n) is 20.0. The number of pyridine rings is 1. The second-order valence-corrected chi connectivity index (χ2v) is 9.57. The van der Waals surface area contributed by atoms with Crippen molar-refractivity contribution in [3.8, 4) is 22.3 Å². The molecule has 0 aliphatic carbocycles. The van der Waals surface area contributed by atoms with E-state index in [2.05, 4.69) is 15.4 Å². The fourth-order valence-electron chi connectivity index (χ4n) is 4.87. The summed E-state index contributed by atoms with van der Waals surface area (Å²) < 4.78 is 50.0. The maximum atomic E-state index is 14.2. The van der Waals surface area contributed by atoms with Gasteiger partial charge in [-0.1, -0.05) is 24.3 Å². The van der Waals surface area contributed by atoms with Crippen molar-refractivity contribution in [2.75, 3.05) is 30.3 Å². The second-order valence-electron chi connectivity index (χ2n) is 9.57. The van der Waals surface area contributed by atoms with Gasteiger partial charge in [0.05, 0.1) is 18.4 Å². The Morgan fingerprint density at radius 2 is 1.75 bits per heavy atom. The lowest BCUT2D eigenvalue weighted by atomic mass is 9.90. The SMILES string of the molecule is CC(C)n1cc(-c2ccc(-c3cnc(N)c(C(F)(F)F)c3N3CCC4(CC3)CNC(=O)O4)cc2)cn1. The molecule has 2 fully saturated rings. The summed E-state index contributed by atoms with van der Waals surface area (Å²) in [7, 11) is 0. The summed E-state index contributed by atoms with van der Waals surface area (Å²) in [6, 6.07) is 7.51. The minimum atomic E-state index is -4.69. The van der Waals surface area contributed by atoms with Crippen LogP contribution in [0.25, 0.3) is 22.3 Å². The van der Waals surface area contributed by atoms with E-state index in [9.17, 15) is 18.0 Å². The minimum absolute atomic E-state index is 0.00232. The number of hydrogen-bond donors (Lipinski definition) is 2. The zero-order valence-corrected chi connectivity index (χ0v) is 20.0. The minimum Gasteiger partial charge on any atom is -0.441 e. The molecule has 3 N–H and O–H groups in total. The lowest BCUT2D eigenvalue weighted by Crippen LogP contribution is -2.47. The van der Waals surface area contributed by atoms with Crippen LogP contribution in [0.2, 0.25) is 0 Å². The lowest BCUT2D eigenvalue weighted by Gasteiger charge is -2.40. The van der Waals surface area contributed by atoms with Crippen LogP contribution in [-0.4, -0.2) is 46.1 Å². The first-order valence-electron chi connectivity index (χ1n) is 11.8. The van der Waals surface area contributed by atoms with Crippen molar-refractivity contribution in [2.45, 2.75) is 44.5 Å². The predicted molar refractivity (Wildman–Crippen MR) is 129 cm³/mol. The molecule has 3 aromatic rings. The number of alkyl halides is 3. The van der Waals surface area contributed by atoms with Crippen LogP contribution in [0.5, 0.6) is 0 Å². The van der Waals surface area contributed by atoms with Gasteiger partial charge < -0.3 is 20.7 Å². The second kappa shape index (κ2) is 8.72. The molecule has 0 atom stereocenters. The van der Waals surface area contributed by atoms with E-state index < -0.39 is 29.3 Å². The van der Waals surface area contributed by atoms with Crippen molar-refractivity contribution >= 4 is 17.6 Å². The molecule has 2 aliphatic heterocycles. The number of piperidine rings is 1. The highest BCUT2D eigenvalue weighted by atomic mass is 19.4. The van der Waals surface area contributed by atoms with Gasteiger partial charge in [-0.3, -0.25) is 4.68 Å². The average molecular weight is 501 g/mol. The molecule has 4 heterocycles. The van der Waals surface area contributed by atoms with E-state index in [-0.39, 0.29) is 24.8 Å². The number of hydrogen-bond acceptors (Lipinski definition) is 6. The number of aromatic nitrogens is 3. The first kappa shape index (κ1) is 24.0. The van der Waals surface area contributed by atoms with E-state index >= 15 is 0 Å². The van der Waals surface area contributed by atoms with Crippen molar-refractivity contribution in [2.24, 2.45) is 0 Å². The van der Waals surface area contributed by atoms with Crippen LogP contribution < -0.4 is 16.0 Å². The van der Waals surface area contributed by atoms with Gasteiger partial charge >= 0.3 is 12.3 Å². The van der Waals surface area contributed by atoms with E-state index in [1.807, 2.05) is 36.9 Å². The average Bonchev–Trinajstić information content (AvgIpc) is 3.46. The van der Waals surface area contributed by atoms with Crippen LogP contribution in [0.3, 0.4) is 0 Å². The summed E-state index contributed by atoms with van der Waals surface area (Å²) >= 11 is 0. The number of benzene rings is 1. The van der Waals surface area contributed by atoms with E-state index in [0.717, 1.165) is 11.1 Å². The molecular weight excluding hydrogens is 473 g/mol.